The number of likely N-dealkylation sites (N-methyl/N-ethyl adjacent to an activating group) is 1. The summed E-state index contributed by atoms with van der Waals surface area (Å²) in [7, 11) is 1.46. The van der Waals surface area contributed by atoms with Gasteiger partial charge in [-0.25, -0.2) is 4.79 Å². The molecule has 7 heteroatoms. The molecule has 0 atom stereocenters. The first-order valence-electron chi connectivity index (χ1n) is 5.21. The fourth-order valence-corrected chi connectivity index (χ4v) is 1.31. The van der Waals surface area contributed by atoms with E-state index in [1.807, 2.05) is 6.92 Å². The van der Waals surface area contributed by atoms with E-state index in [0.29, 0.717) is 12.2 Å². The van der Waals surface area contributed by atoms with Gasteiger partial charge in [0.2, 0.25) is 0 Å². The van der Waals surface area contributed by atoms with Crippen LogP contribution in [0, 0.1) is 6.92 Å². The van der Waals surface area contributed by atoms with Gasteiger partial charge in [-0.15, -0.1) is 0 Å². The molecule has 17 heavy (non-hydrogen) atoms. The summed E-state index contributed by atoms with van der Waals surface area (Å²) < 4.78 is 6.28. The van der Waals surface area contributed by atoms with E-state index in [9.17, 15) is 9.59 Å². The van der Waals surface area contributed by atoms with Gasteiger partial charge in [0, 0.05) is 13.6 Å². The summed E-state index contributed by atoms with van der Waals surface area (Å²) >= 11 is 0. The Balaban J connectivity index is 2.85. The predicted molar refractivity (Wildman–Crippen MR) is 61.4 cm³/mol. The van der Waals surface area contributed by atoms with Gasteiger partial charge >= 0.3 is 5.97 Å². The molecule has 0 fully saturated rings. The van der Waals surface area contributed by atoms with Crippen LogP contribution in [0.5, 0.6) is 0 Å². The number of nitrogens with zero attached hydrogens (tertiary/aromatic N) is 2. The Kier molecular flexibility index (Phi) is 4.08. The summed E-state index contributed by atoms with van der Waals surface area (Å²) in [6, 6.07) is 0. The molecule has 7 nitrogen and oxygen atoms in total. The lowest BCUT2D eigenvalue weighted by Crippen LogP contribution is -2.26. The number of nitrogens with two attached hydrogens (primary N) is 1. The largest absolute Gasteiger partial charge is 0.451 e. The minimum Gasteiger partial charge on any atom is -0.451 e. The molecule has 3 N–H and O–H groups in total. The van der Waals surface area contributed by atoms with E-state index in [0.717, 1.165) is 0 Å². The second-order valence-electron chi connectivity index (χ2n) is 3.41. The Morgan fingerprint density at radius 3 is 2.71 bits per heavy atom. The van der Waals surface area contributed by atoms with Crippen molar-refractivity contribution in [1.29, 1.82) is 0 Å². The molecule has 0 saturated carbocycles. The molecule has 0 aromatic carbocycles. The minimum atomic E-state index is -0.645. The highest BCUT2D eigenvalue weighted by Gasteiger charge is 2.20. The third kappa shape index (κ3) is 2.74. The van der Waals surface area contributed by atoms with Crippen LogP contribution in [0.2, 0.25) is 0 Å². The summed E-state index contributed by atoms with van der Waals surface area (Å²) in [4.78, 5) is 22.7. The van der Waals surface area contributed by atoms with Gasteiger partial charge in [-0.2, -0.15) is 5.10 Å². The Morgan fingerprint density at radius 1 is 1.53 bits per heavy atom. The number of hydrogen-bond acceptors (Lipinski definition) is 5. The maximum Gasteiger partial charge on any atom is 0.359 e. The first kappa shape index (κ1) is 13.0. The number of rotatable bonds is 4. The first-order valence-corrected chi connectivity index (χ1v) is 5.21. The van der Waals surface area contributed by atoms with Crippen LogP contribution in [0.3, 0.4) is 0 Å². The van der Waals surface area contributed by atoms with E-state index < -0.39 is 5.97 Å². The predicted octanol–water partition coefficient (Wildman–Crippen LogP) is -0.304. The molecule has 0 aliphatic carbocycles. The normalized spacial score (nSPS) is 10.1. The quantitative estimate of drug-likeness (QED) is 0.704. The lowest BCUT2D eigenvalue weighted by molar-refractivity contribution is -0.123. The molecule has 0 radical (unpaired) electrons. The van der Waals surface area contributed by atoms with Gasteiger partial charge in [-0.3, -0.25) is 9.48 Å². The third-order valence-corrected chi connectivity index (χ3v) is 2.28. The van der Waals surface area contributed by atoms with Crippen molar-refractivity contribution in [2.45, 2.75) is 20.4 Å². The molecule has 1 amide bonds. The molecule has 1 aromatic heterocycles. The number of anilines is 1. The number of aryl methyl sites for hydroxylation is 2. The van der Waals surface area contributed by atoms with Crippen molar-refractivity contribution in [2.75, 3.05) is 19.4 Å². The van der Waals surface area contributed by atoms with Crippen LogP contribution in [0.15, 0.2) is 0 Å². The Bertz CT molecular complexity index is 439. The smallest absolute Gasteiger partial charge is 0.359 e. The van der Waals surface area contributed by atoms with Crippen molar-refractivity contribution >= 4 is 17.6 Å². The number of carbonyl (C=O) groups excluding carboxylic acids is 2. The van der Waals surface area contributed by atoms with Gasteiger partial charge in [0.1, 0.15) is 0 Å². The standard InChI is InChI=1S/C10H16N4O3/c1-4-14-9(8(11)6(2)13-14)10(16)17-5-7(15)12-3/h4-5,11H2,1-3H3,(H,12,15). The van der Waals surface area contributed by atoms with Crippen molar-refractivity contribution in [1.82, 2.24) is 15.1 Å². The zero-order valence-electron chi connectivity index (χ0n) is 10.1. The SMILES string of the molecule is CCn1nc(C)c(N)c1C(=O)OCC(=O)NC. The molecule has 0 saturated heterocycles. The Morgan fingerprint density at radius 2 is 2.18 bits per heavy atom. The molecule has 1 aromatic rings. The van der Waals surface area contributed by atoms with Gasteiger partial charge in [-0.05, 0) is 13.8 Å². The van der Waals surface area contributed by atoms with Crippen molar-refractivity contribution < 1.29 is 14.3 Å². The number of hydrogen-bond donors (Lipinski definition) is 2. The fraction of sp³-hybridized carbons (Fsp3) is 0.500. The van der Waals surface area contributed by atoms with E-state index in [2.05, 4.69) is 10.4 Å². The van der Waals surface area contributed by atoms with Crippen LogP contribution >= 0.6 is 0 Å². The lowest BCUT2D eigenvalue weighted by atomic mass is 10.3. The van der Waals surface area contributed by atoms with E-state index in [1.54, 1.807) is 6.92 Å². The number of ether oxygens (including phenoxy) is 1. The van der Waals surface area contributed by atoms with E-state index in [4.69, 9.17) is 10.5 Å². The van der Waals surface area contributed by atoms with Crippen LogP contribution in [0.4, 0.5) is 5.69 Å². The van der Waals surface area contributed by atoms with Crippen LogP contribution in [-0.4, -0.2) is 35.3 Å². The summed E-state index contributed by atoms with van der Waals surface area (Å²) in [5, 5.41) is 6.44. The molecule has 1 rings (SSSR count). The van der Waals surface area contributed by atoms with Crippen LogP contribution in [0.1, 0.15) is 23.1 Å². The average Bonchev–Trinajstić information content (AvgIpc) is 2.61. The number of amides is 1. The monoisotopic (exact) mass is 240 g/mol. The van der Waals surface area contributed by atoms with Crippen molar-refractivity contribution in [2.24, 2.45) is 0 Å². The number of nitrogens with one attached hydrogen (secondary N) is 1. The molecule has 1 heterocycles. The summed E-state index contributed by atoms with van der Waals surface area (Å²) in [5.74, 6) is -1.02. The van der Waals surface area contributed by atoms with Gasteiger partial charge in [-0.1, -0.05) is 0 Å². The van der Waals surface area contributed by atoms with E-state index in [-0.39, 0.29) is 23.9 Å². The Hall–Kier alpha value is -2.05. The van der Waals surface area contributed by atoms with Gasteiger partial charge in [0.25, 0.3) is 5.91 Å². The maximum atomic E-state index is 11.7. The first-order chi connectivity index (χ1) is 8.01. The highest BCUT2D eigenvalue weighted by Crippen LogP contribution is 2.17. The molecule has 0 spiro atoms. The van der Waals surface area contributed by atoms with Crippen molar-refractivity contribution in [3.63, 3.8) is 0 Å². The van der Waals surface area contributed by atoms with Crippen molar-refractivity contribution in [3.05, 3.63) is 11.4 Å². The highest BCUT2D eigenvalue weighted by atomic mass is 16.5. The maximum absolute atomic E-state index is 11.7. The average molecular weight is 240 g/mol. The van der Waals surface area contributed by atoms with Gasteiger partial charge in [0.15, 0.2) is 12.3 Å². The van der Waals surface area contributed by atoms with E-state index in [1.165, 1.54) is 11.7 Å². The topological polar surface area (TPSA) is 99.2 Å². The second kappa shape index (κ2) is 5.33. The fourth-order valence-electron chi connectivity index (χ4n) is 1.31. The molecule has 0 bridgehead atoms. The number of nitrogen functional groups attached to an aromatic ring is 1. The molecule has 0 aliphatic heterocycles. The number of esters is 1. The molecule has 0 unspecified atom stereocenters. The Labute approximate surface area is 98.9 Å². The van der Waals surface area contributed by atoms with Crippen LogP contribution in [-0.2, 0) is 16.1 Å². The minimum absolute atomic E-state index is 0.189. The zero-order valence-corrected chi connectivity index (χ0v) is 10.1. The zero-order chi connectivity index (χ0) is 13.0. The third-order valence-electron chi connectivity index (χ3n) is 2.28. The lowest BCUT2D eigenvalue weighted by Gasteiger charge is -2.06. The number of carbonyl (C=O) groups is 2. The van der Waals surface area contributed by atoms with E-state index >= 15 is 0 Å². The molecule has 94 valence electrons. The van der Waals surface area contributed by atoms with Crippen LogP contribution < -0.4 is 11.1 Å². The summed E-state index contributed by atoms with van der Waals surface area (Å²) in [5.41, 5.74) is 6.78. The van der Waals surface area contributed by atoms with Gasteiger partial charge < -0.3 is 15.8 Å². The molecule has 0 aliphatic rings. The number of aromatic nitrogens is 2. The van der Waals surface area contributed by atoms with Gasteiger partial charge in [0.05, 0.1) is 11.4 Å². The molecular formula is C10H16N4O3. The van der Waals surface area contributed by atoms with Crippen molar-refractivity contribution in [3.8, 4) is 0 Å². The second-order valence-corrected chi connectivity index (χ2v) is 3.41. The molecular weight excluding hydrogens is 224 g/mol. The van der Waals surface area contributed by atoms with Crippen LogP contribution in [0.25, 0.3) is 0 Å². The summed E-state index contributed by atoms with van der Waals surface area (Å²) in [6.07, 6.45) is 0. The highest BCUT2D eigenvalue weighted by molar-refractivity contribution is 5.95. The summed E-state index contributed by atoms with van der Waals surface area (Å²) in [6.45, 7) is 3.71.